The smallest absolute Gasteiger partial charge is 0.275 e. The molecule has 2 fully saturated rings. The lowest BCUT2D eigenvalue weighted by Crippen LogP contribution is -2.59. The minimum atomic E-state index is -0.185. The fourth-order valence-corrected chi connectivity index (χ4v) is 4.56. The van der Waals surface area contributed by atoms with Crippen LogP contribution in [0.5, 0.6) is 5.75 Å². The molecule has 4 rings (SSSR count). The molecule has 1 aromatic heterocycles. The zero-order valence-corrected chi connectivity index (χ0v) is 17.1. The number of hydrogen-bond acceptors (Lipinski definition) is 5. The highest BCUT2D eigenvalue weighted by Gasteiger charge is 2.39. The molecule has 1 aliphatic carbocycles. The largest absolute Gasteiger partial charge is 0.493 e. The van der Waals surface area contributed by atoms with Gasteiger partial charge in [0.15, 0.2) is 11.4 Å². The number of nitrogens with one attached hydrogen (secondary N) is 1. The van der Waals surface area contributed by atoms with Gasteiger partial charge in [-0.05, 0) is 25.0 Å². The summed E-state index contributed by atoms with van der Waals surface area (Å²) in [5.74, 6) is 0.296. The maximum atomic E-state index is 13.0. The molecule has 0 atom stereocenters. The van der Waals surface area contributed by atoms with Crippen LogP contribution in [0.3, 0.4) is 0 Å². The average Bonchev–Trinajstić information content (AvgIpc) is 3.24. The van der Waals surface area contributed by atoms with Gasteiger partial charge in [0.2, 0.25) is 0 Å². The molecule has 1 N–H and O–H groups in total. The molecular formula is C22H30N4O3. The van der Waals surface area contributed by atoms with E-state index in [0.29, 0.717) is 18.0 Å². The standard InChI is InChI=1S/C22H30N4O3/c1-28-19-16-26(18-8-4-2-5-9-18)24-20(19)21(27)23-17-22(10-6-3-7-11-22)25-12-14-29-15-13-25/h2,4-5,8-9,16H,3,6-7,10-15,17H2,1H3,(H,23,27). The van der Waals surface area contributed by atoms with Crippen molar-refractivity contribution in [2.24, 2.45) is 0 Å². The van der Waals surface area contributed by atoms with Gasteiger partial charge in [0.05, 0.1) is 32.2 Å². The lowest BCUT2D eigenvalue weighted by atomic mass is 9.79. The van der Waals surface area contributed by atoms with E-state index < -0.39 is 0 Å². The van der Waals surface area contributed by atoms with E-state index in [1.54, 1.807) is 18.0 Å². The Morgan fingerprint density at radius 1 is 1.17 bits per heavy atom. The molecule has 7 heteroatoms. The van der Waals surface area contributed by atoms with Gasteiger partial charge >= 0.3 is 0 Å². The van der Waals surface area contributed by atoms with E-state index in [2.05, 4.69) is 15.3 Å². The van der Waals surface area contributed by atoms with Crippen LogP contribution in [-0.4, -0.2) is 66.1 Å². The second-order valence-electron chi connectivity index (χ2n) is 7.89. The van der Waals surface area contributed by atoms with Crippen LogP contribution in [0.1, 0.15) is 42.6 Å². The number of ether oxygens (including phenoxy) is 2. The third-order valence-electron chi connectivity index (χ3n) is 6.18. The van der Waals surface area contributed by atoms with Crippen LogP contribution in [-0.2, 0) is 4.74 Å². The van der Waals surface area contributed by atoms with Crippen molar-refractivity contribution in [1.29, 1.82) is 0 Å². The average molecular weight is 399 g/mol. The number of nitrogens with zero attached hydrogens (tertiary/aromatic N) is 3. The van der Waals surface area contributed by atoms with Crippen molar-refractivity contribution in [1.82, 2.24) is 20.0 Å². The summed E-state index contributed by atoms with van der Waals surface area (Å²) in [7, 11) is 1.57. The number of carbonyl (C=O) groups excluding carboxylic acids is 1. The van der Waals surface area contributed by atoms with Gasteiger partial charge in [-0.2, -0.15) is 5.10 Å². The summed E-state index contributed by atoms with van der Waals surface area (Å²) < 4.78 is 12.7. The summed E-state index contributed by atoms with van der Waals surface area (Å²) in [4.78, 5) is 15.6. The second kappa shape index (κ2) is 8.97. The van der Waals surface area contributed by atoms with Crippen molar-refractivity contribution in [3.05, 3.63) is 42.2 Å². The highest BCUT2D eigenvalue weighted by molar-refractivity contribution is 5.95. The Morgan fingerprint density at radius 2 is 1.90 bits per heavy atom. The lowest BCUT2D eigenvalue weighted by molar-refractivity contribution is -0.0361. The minimum absolute atomic E-state index is 0.0208. The molecule has 1 saturated carbocycles. The number of hydrogen-bond donors (Lipinski definition) is 1. The quantitative estimate of drug-likeness (QED) is 0.810. The minimum Gasteiger partial charge on any atom is -0.493 e. The van der Waals surface area contributed by atoms with Crippen molar-refractivity contribution in [2.75, 3.05) is 40.0 Å². The summed E-state index contributed by atoms with van der Waals surface area (Å²) in [5, 5.41) is 7.67. The van der Waals surface area contributed by atoms with Gasteiger partial charge in [0, 0.05) is 25.2 Å². The molecule has 0 spiro atoms. The normalized spacial score (nSPS) is 19.6. The van der Waals surface area contributed by atoms with Crippen molar-refractivity contribution < 1.29 is 14.3 Å². The Morgan fingerprint density at radius 3 is 2.59 bits per heavy atom. The topological polar surface area (TPSA) is 68.6 Å². The molecule has 0 radical (unpaired) electrons. The van der Waals surface area contributed by atoms with E-state index in [-0.39, 0.29) is 11.4 Å². The molecular weight excluding hydrogens is 368 g/mol. The van der Waals surface area contributed by atoms with Crippen molar-refractivity contribution in [3.63, 3.8) is 0 Å². The van der Waals surface area contributed by atoms with Crippen LogP contribution in [0.2, 0.25) is 0 Å². The van der Waals surface area contributed by atoms with Crippen LogP contribution in [0, 0.1) is 0 Å². The number of benzene rings is 1. The first-order valence-electron chi connectivity index (χ1n) is 10.5. The van der Waals surface area contributed by atoms with Gasteiger partial charge in [-0.1, -0.05) is 37.5 Å². The maximum absolute atomic E-state index is 13.0. The van der Waals surface area contributed by atoms with E-state index in [0.717, 1.165) is 44.8 Å². The zero-order chi connectivity index (χ0) is 20.1. The van der Waals surface area contributed by atoms with E-state index in [1.807, 2.05) is 30.3 Å². The molecule has 2 heterocycles. The summed E-state index contributed by atoms with van der Waals surface area (Å²) in [6, 6.07) is 9.73. The van der Waals surface area contributed by atoms with E-state index in [9.17, 15) is 4.79 Å². The molecule has 7 nitrogen and oxygen atoms in total. The predicted octanol–water partition coefficient (Wildman–Crippen LogP) is 2.65. The van der Waals surface area contributed by atoms with Gasteiger partial charge in [-0.3, -0.25) is 9.69 Å². The molecule has 0 bridgehead atoms. The lowest BCUT2D eigenvalue weighted by Gasteiger charge is -2.48. The van der Waals surface area contributed by atoms with Gasteiger partial charge in [0.1, 0.15) is 0 Å². The van der Waals surface area contributed by atoms with Gasteiger partial charge < -0.3 is 14.8 Å². The third kappa shape index (κ3) is 4.31. The summed E-state index contributed by atoms with van der Waals surface area (Å²) >= 11 is 0. The molecule has 2 aliphatic rings. The SMILES string of the molecule is COc1cn(-c2ccccc2)nc1C(=O)NCC1(N2CCOCC2)CCCCC1. The van der Waals surface area contributed by atoms with Gasteiger partial charge in [0.25, 0.3) is 5.91 Å². The number of para-hydroxylation sites is 1. The third-order valence-corrected chi connectivity index (χ3v) is 6.18. The Balaban J connectivity index is 1.50. The van der Waals surface area contributed by atoms with Crippen molar-refractivity contribution in [3.8, 4) is 11.4 Å². The summed E-state index contributed by atoms with van der Waals surface area (Å²) in [5.41, 5.74) is 1.23. The van der Waals surface area contributed by atoms with E-state index >= 15 is 0 Å². The van der Waals surface area contributed by atoms with Gasteiger partial charge in [-0.25, -0.2) is 4.68 Å². The highest BCUT2D eigenvalue weighted by atomic mass is 16.5. The first-order chi connectivity index (χ1) is 14.2. The predicted molar refractivity (Wildman–Crippen MR) is 111 cm³/mol. The molecule has 2 aromatic rings. The van der Waals surface area contributed by atoms with E-state index in [1.165, 1.54) is 19.3 Å². The zero-order valence-electron chi connectivity index (χ0n) is 17.1. The Bertz CT molecular complexity index is 809. The molecule has 1 aliphatic heterocycles. The van der Waals surface area contributed by atoms with Crippen LogP contribution >= 0.6 is 0 Å². The van der Waals surface area contributed by atoms with Crippen LogP contribution < -0.4 is 10.1 Å². The second-order valence-corrected chi connectivity index (χ2v) is 7.89. The number of amides is 1. The molecule has 156 valence electrons. The number of morpholine rings is 1. The van der Waals surface area contributed by atoms with Gasteiger partial charge in [-0.15, -0.1) is 0 Å². The maximum Gasteiger partial charge on any atom is 0.275 e. The molecule has 1 aromatic carbocycles. The van der Waals surface area contributed by atoms with Crippen LogP contribution in [0.4, 0.5) is 0 Å². The fraction of sp³-hybridized carbons (Fsp3) is 0.545. The molecule has 1 amide bonds. The molecule has 0 unspecified atom stereocenters. The van der Waals surface area contributed by atoms with E-state index in [4.69, 9.17) is 9.47 Å². The van der Waals surface area contributed by atoms with Crippen LogP contribution in [0.25, 0.3) is 5.69 Å². The number of aromatic nitrogens is 2. The number of carbonyl (C=O) groups is 1. The van der Waals surface area contributed by atoms with Crippen molar-refractivity contribution >= 4 is 5.91 Å². The Hall–Kier alpha value is -2.38. The van der Waals surface area contributed by atoms with Crippen molar-refractivity contribution in [2.45, 2.75) is 37.6 Å². The first kappa shape index (κ1) is 19.9. The Labute approximate surface area is 172 Å². The molecule has 1 saturated heterocycles. The van der Waals surface area contributed by atoms with Crippen LogP contribution in [0.15, 0.2) is 36.5 Å². The number of methoxy groups -OCH3 is 1. The monoisotopic (exact) mass is 398 g/mol. The summed E-state index contributed by atoms with van der Waals surface area (Å²) in [6.07, 6.45) is 7.67. The fourth-order valence-electron chi connectivity index (χ4n) is 4.56. The molecule has 29 heavy (non-hydrogen) atoms. The first-order valence-corrected chi connectivity index (χ1v) is 10.5. The number of rotatable bonds is 6. The highest BCUT2D eigenvalue weighted by Crippen LogP contribution is 2.34. The Kier molecular flexibility index (Phi) is 6.16. The summed E-state index contributed by atoms with van der Waals surface area (Å²) in [6.45, 7) is 4.03.